The molecule has 0 saturated heterocycles. The van der Waals surface area contributed by atoms with Crippen LogP contribution in [0.2, 0.25) is 0 Å². The van der Waals surface area contributed by atoms with Crippen LogP contribution in [0.4, 0.5) is 0 Å². The maximum Gasteiger partial charge on any atom is 0.328 e. The Morgan fingerprint density at radius 1 is 1.79 bits per heavy atom. The van der Waals surface area contributed by atoms with Gasteiger partial charge in [-0.1, -0.05) is 0 Å². The van der Waals surface area contributed by atoms with Crippen molar-refractivity contribution >= 4 is 12.0 Å². The molecule has 1 rings (SSSR count). The van der Waals surface area contributed by atoms with E-state index in [1.165, 1.54) is 6.08 Å². The molecule has 0 radical (unpaired) electrons. The van der Waals surface area contributed by atoms with Crippen molar-refractivity contribution in [3.05, 3.63) is 24.3 Å². The molecule has 1 heterocycles. The number of hydrogen-bond donors (Lipinski definition) is 1. The number of aromatic nitrogens is 2. The number of aliphatic carboxylic acids is 1. The summed E-state index contributed by atoms with van der Waals surface area (Å²) >= 11 is 0. The van der Waals surface area contributed by atoms with Crippen molar-refractivity contribution in [3.8, 4) is 0 Å². The summed E-state index contributed by atoms with van der Waals surface area (Å²) in [5, 5.41) is 8.43. The molecule has 0 saturated carbocycles. The van der Waals surface area contributed by atoms with Crippen molar-refractivity contribution in [1.82, 2.24) is 9.55 Å². The van der Waals surface area contributed by atoms with Gasteiger partial charge in [-0.2, -0.15) is 0 Å². The number of methoxy groups -OCH3 is 1. The van der Waals surface area contributed by atoms with E-state index in [2.05, 4.69) is 4.98 Å². The van der Waals surface area contributed by atoms with E-state index in [0.717, 1.165) is 6.08 Å². The number of nitrogens with zero attached hydrogens (tertiary/aromatic N) is 2. The van der Waals surface area contributed by atoms with Crippen molar-refractivity contribution in [2.75, 3.05) is 13.7 Å². The van der Waals surface area contributed by atoms with Crippen LogP contribution in [-0.4, -0.2) is 34.3 Å². The predicted octanol–water partition coefficient (Wildman–Crippen LogP) is 0.627. The van der Waals surface area contributed by atoms with E-state index >= 15 is 0 Å². The third kappa shape index (κ3) is 3.02. The summed E-state index contributed by atoms with van der Waals surface area (Å²) in [6.45, 7) is 1.24. The maximum atomic E-state index is 10.3. The van der Waals surface area contributed by atoms with Gasteiger partial charge in [-0.3, -0.25) is 0 Å². The minimum absolute atomic E-state index is 0.574. The molecule has 5 nitrogen and oxygen atoms in total. The minimum Gasteiger partial charge on any atom is -0.478 e. The molecular weight excluding hydrogens is 184 g/mol. The SMILES string of the molecule is COCCn1ccnc1C=CC(=O)O. The molecule has 0 aliphatic carbocycles. The molecule has 0 unspecified atom stereocenters. The smallest absolute Gasteiger partial charge is 0.328 e. The van der Waals surface area contributed by atoms with Crippen LogP contribution in [0, 0.1) is 0 Å². The second-order valence-corrected chi connectivity index (χ2v) is 2.64. The minimum atomic E-state index is -0.980. The molecular formula is C9H12N2O3. The Hall–Kier alpha value is -1.62. The first kappa shape index (κ1) is 10.5. The van der Waals surface area contributed by atoms with Crippen LogP contribution in [-0.2, 0) is 16.1 Å². The number of ether oxygens (including phenoxy) is 1. The molecule has 0 spiro atoms. The number of carboxylic acid groups (broad SMARTS) is 1. The highest BCUT2D eigenvalue weighted by Crippen LogP contribution is 2.00. The number of carboxylic acids is 1. The third-order valence-corrected chi connectivity index (χ3v) is 1.66. The van der Waals surface area contributed by atoms with Crippen LogP contribution in [0.15, 0.2) is 18.5 Å². The summed E-state index contributed by atoms with van der Waals surface area (Å²) < 4.78 is 6.73. The number of carbonyl (C=O) groups is 1. The molecule has 1 N–H and O–H groups in total. The van der Waals surface area contributed by atoms with E-state index in [1.807, 2.05) is 4.57 Å². The van der Waals surface area contributed by atoms with Gasteiger partial charge in [-0.15, -0.1) is 0 Å². The Labute approximate surface area is 81.6 Å². The predicted molar refractivity (Wildman–Crippen MR) is 50.8 cm³/mol. The van der Waals surface area contributed by atoms with Gasteiger partial charge in [0.2, 0.25) is 0 Å². The zero-order chi connectivity index (χ0) is 10.4. The Bertz CT molecular complexity index is 331. The fourth-order valence-corrected chi connectivity index (χ4v) is 1.00. The molecule has 14 heavy (non-hydrogen) atoms. The molecule has 1 aromatic heterocycles. The highest BCUT2D eigenvalue weighted by atomic mass is 16.5. The number of hydrogen-bond acceptors (Lipinski definition) is 3. The van der Waals surface area contributed by atoms with E-state index in [1.54, 1.807) is 19.5 Å². The van der Waals surface area contributed by atoms with Crippen molar-refractivity contribution in [1.29, 1.82) is 0 Å². The quantitative estimate of drug-likeness (QED) is 0.701. The first-order chi connectivity index (χ1) is 6.74. The fraction of sp³-hybridized carbons (Fsp3) is 0.333. The zero-order valence-corrected chi connectivity index (χ0v) is 7.88. The number of rotatable bonds is 5. The van der Waals surface area contributed by atoms with Gasteiger partial charge in [0.1, 0.15) is 5.82 Å². The van der Waals surface area contributed by atoms with Gasteiger partial charge in [0.25, 0.3) is 0 Å². The van der Waals surface area contributed by atoms with Gasteiger partial charge in [-0.05, 0) is 6.08 Å². The highest BCUT2D eigenvalue weighted by molar-refractivity contribution is 5.84. The fourth-order valence-electron chi connectivity index (χ4n) is 1.00. The summed E-state index contributed by atoms with van der Waals surface area (Å²) in [4.78, 5) is 14.3. The van der Waals surface area contributed by atoms with Gasteiger partial charge in [0.05, 0.1) is 6.61 Å². The lowest BCUT2D eigenvalue weighted by atomic mass is 10.4. The molecule has 0 aliphatic rings. The Balaban J connectivity index is 2.67. The number of imidazole rings is 1. The van der Waals surface area contributed by atoms with Crippen LogP contribution in [0.5, 0.6) is 0 Å². The first-order valence-corrected chi connectivity index (χ1v) is 4.15. The molecule has 76 valence electrons. The second-order valence-electron chi connectivity index (χ2n) is 2.64. The summed E-state index contributed by atoms with van der Waals surface area (Å²) in [6, 6.07) is 0. The average Bonchev–Trinajstić information content (AvgIpc) is 2.58. The van der Waals surface area contributed by atoms with Crippen molar-refractivity contribution in [2.45, 2.75) is 6.54 Å². The Morgan fingerprint density at radius 3 is 3.21 bits per heavy atom. The summed E-state index contributed by atoms with van der Waals surface area (Å²) in [6.07, 6.45) is 5.92. The average molecular weight is 196 g/mol. The molecule has 0 fully saturated rings. The van der Waals surface area contributed by atoms with Gasteiger partial charge in [-0.25, -0.2) is 9.78 Å². The van der Waals surface area contributed by atoms with Gasteiger partial charge in [0.15, 0.2) is 0 Å². The molecule has 0 aliphatic heterocycles. The second kappa shape index (κ2) is 5.18. The highest BCUT2D eigenvalue weighted by Gasteiger charge is 1.98. The van der Waals surface area contributed by atoms with E-state index in [-0.39, 0.29) is 0 Å². The molecule has 0 aromatic carbocycles. The van der Waals surface area contributed by atoms with Crippen LogP contribution in [0.1, 0.15) is 5.82 Å². The maximum absolute atomic E-state index is 10.3. The van der Waals surface area contributed by atoms with Gasteiger partial charge < -0.3 is 14.4 Å². The molecule has 0 amide bonds. The standard InChI is InChI=1S/C9H12N2O3/c1-14-7-6-11-5-4-10-8(11)2-3-9(12)13/h2-5H,6-7H2,1H3,(H,12,13). The van der Waals surface area contributed by atoms with Gasteiger partial charge >= 0.3 is 5.97 Å². The van der Waals surface area contributed by atoms with Gasteiger partial charge in [0, 0.05) is 32.1 Å². The van der Waals surface area contributed by atoms with Crippen molar-refractivity contribution in [2.24, 2.45) is 0 Å². The molecule has 0 bridgehead atoms. The zero-order valence-electron chi connectivity index (χ0n) is 7.88. The van der Waals surface area contributed by atoms with Crippen LogP contribution < -0.4 is 0 Å². The topological polar surface area (TPSA) is 64.4 Å². The van der Waals surface area contributed by atoms with E-state index in [9.17, 15) is 4.79 Å². The summed E-state index contributed by atoms with van der Waals surface area (Å²) in [5.74, 6) is -0.365. The normalized spacial score (nSPS) is 10.9. The van der Waals surface area contributed by atoms with E-state index < -0.39 is 5.97 Å². The lowest BCUT2D eigenvalue weighted by Crippen LogP contribution is -2.05. The van der Waals surface area contributed by atoms with Crippen molar-refractivity contribution < 1.29 is 14.6 Å². The van der Waals surface area contributed by atoms with E-state index in [4.69, 9.17) is 9.84 Å². The van der Waals surface area contributed by atoms with Crippen molar-refractivity contribution in [3.63, 3.8) is 0 Å². The molecule has 5 heteroatoms. The first-order valence-electron chi connectivity index (χ1n) is 4.15. The lowest BCUT2D eigenvalue weighted by molar-refractivity contribution is -0.131. The monoisotopic (exact) mass is 196 g/mol. The summed E-state index contributed by atoms with van der Waals surface area (Å²) in [7, 11) is 1.61. The molecule has 1 aromatic rings. The lowest BCUT2D eigenvalue weighted by Gasteiger charge is -2.02. The Morgan fingerprint density at radius 2 is 2.57 bits per heavy atom. The van der Waals surface area contributed by atoms with Crippen LogP contribution in [0.3, 0.4) is 0 Å². The summed E-state index contributed by atoms with van der Waals surface area (Å²) in [5.41, 5.74) is 0. The van der Waals surface area contributed by atoms with Crippen LogP contribution >= 0.6 is 0 Å². The third-order valence-electron chi connectivity index (χ3n) is 1.66. The largest absolute Gasteiger partial charge is 0.478 e. The van der Waals surface area contributed by atoms with Crippen LogP contribution in [0.25, 0.3) is 6.08 Å². The molecule has 0 atom stereocenters. The Kier molecular flexibility index (Phi) is 3.87. The van der Waals surface area contributed by atoms with E-state index in [0.29, 0.717) is 19.0 Å².